The maximum Gasteiger partial charge on any atom is 0.416 e. The van der Waals surface area contributed by atoms with Gasteiger partial charge in [0.05, 0.1) is 5.56 Å². The number of halogens is 3. The first-order valence-corrected chi connectivity index (χ1v) is 7.09. The van der Waals surface area contributed by atoms with Crippen LogP contribution in [0.1, 0.15) is 43.2 Å². The van der Waals surface area contributed by atoms with Crippen LogP contribution in [-0.2, 0) is 15.8 Å². The molecule has 1 aromatic rings. The summed E-state index contributed by atoms with van der Waals surface area (Å²) in [6.45, 7) is 1.88. The van der Waals surface area contributed by atoms with Crippen LogP contribution >= 0.6 is 0 Å². The maximum absolute atomic E-state index is 13.0. The Hall–Kier alpha value is -2.05. The summed E-state index contributed by atoms with van der Waals surface area (Å²) in [5.41, 5.74) is 1.82. The van der Waals surface area contributed by atoms with Crippen molar-refractivity contribution < 1.29 is 22.8 Å². The van der Waals surface area contributed by atoms with Gasteiger partial charge in [0.15, 0.2) is 0 Å². The molecular formula is C15H17F3N2O2. The van der Waals surface area contributed by atoms with Crippen LogP contribution in [0.25, 0.3) is 0 Å². The quantitative estimate of drug-likeness (QED) is 0.929. The molecule has 1 heterocycles. The normalized spacial score (nSPS) is 18.6. The van der Waals surface area contributed by atoms with Crippen LogP contribution in [0.2, 0.25) is 0 Å². The van der Waals surface area contributed by atoms with Gasteiger partial charge in [-0.1, -0.05) is 25.1 Å². The molecule has 120 valence electrons. The zero-order valence-corrected chi connectivity index (χ0v) is 12.1. The van der Waals surface area contributed by atoms with Crippen LogP contribution in [0.5, 0.6) is 0 Å². The minimum absolute atomic E-state index is 0.0422. The van der Waals surface area contributed by atoms with E-state index in [1.54, 1.807) is 0 Å². The molecule has 4 nitrogen and oxygen atoms in total. The molecule has 1 fully saturated rings. The SMILES string of the molecule is CCCC(=O)NN1CC(c2ccccc2C(F)(F)F)CC1=O. The second kappa shape index (κ2) is 6.37. The van der Waals surface area contributed by atoms with E-state index in [4.69, 9.17) is 0 Å². The van der Waals surface area contributed by atoms with E-state index in [1.807, 2.05) is 6.92 Å². The molecule has 0 aromatic heterocycles. The van der Waals surface area contributed by atoms with Crippen molar-refractivity contribution in [3.8, 4) is 0 Å². The van der Waals surface area contributed by atoms with Gasteiger partial charge >= 0.3 is 6.18 Å². The number of rotatable bonds is 4. The maximum atomic E-state index is 13.0. The third-order valence-electron chi connectivity index (χ3n) is 3.57. The number of hydrazine groups is 1. The molecule has 0 spiro atoms. The molecular weight excluding hydrogens is 297 g/mol. The number of nitrogens with zero attached hydrogens (tertiary/aromatic N) is 1. The molecule has 0 radical (unpaired) electrons. The fourth-order valence-corrected chi connectivity index (χ4v) is 2.57. The summed E-state index contributed by atoms with van der Waals surface area (Å²) in [4.78, 5) is 23.4. The lowest BCUT2D eigenvalue weighted by atomic mass is 9.93. The van der Waals surface area contributed by atoms with Crippen LogP contribution in [0.4, 0.5) is 13.2 Å². The molecule has 0 aliphatic carbocycles. The highest BCUT2D eigenvalue weighted by atomic mass is 19.4. The monoisotopic (exact) mass is 314 g/mol. The average Bonchev–Trinajstić information content (AvgIpc) is 2.79. The number of hydrogen-bond donors (Lipinski definition) is 1. The van der Waals surface area contributed by atoms with E-state index in [0.29, 0.717) is 6.42 Å². The van der Waals surface area contributed by atoms with Crippen LogP contribution in [-0.4, -0.2) is 23.4 Å². The van der Waals surface area contributed by atoms with E-state index in [9.17, 15) is 22.8 Å². The van der Waals surface area contributed by atoms with Crippen LogP contribution in [0.15, 0.2) is 24.3 Å². The number of amides is 2. The van der Waals surface area contributed by atoms with Crippen molar-refractivity contribution in [3.05, 3.63) is 35.4 Å². The molecule has 22 heavy (non-hydrogen) atoms. The number of benzene rings is 1. The Kier molecular flexibility index (Phi) is 4.73. The molecule has 1 saturated heterocycles. The number of carbonyl (C=O) groups excluding carboxylic acids is 2. The summed E-state index contributed by atoms with van der Waals surface area (Å²) in [7, 11) is 0. The van der Waals surface area contributed by atoms with Gasteiger partial charge < -0.3 is 0 Å². The fraction of sp³-hybridized carbons (Fsp3) is 0.467. The Morgan fingerprint density at radius 2 is 2.05 bits per heavy atom. The van der Waals surface area contributed by atoms with E-state index >= 15 is 0 Å². The third-order valence-corrected chi connectivity index (χ3v) is 3.57. The summed E-state index contributed by atoms with van der Waals surface area (Å²) in [6.07, 6.45) is -3.60. The summed E-state index contributed by atoms with van der Waals surface area (Å²) in [5.74, 6) is -1.25. The molecule has 1 atom stereocenters. The molecule has 7 heteroatoms. The lowest BCUT2D eigenvalue weighted by Crippen LogP contribution is -2.43. The molecule has 2 rings (SSSR count). The van der Waals surface area contributed by atoms with Crippen molar-refractivity contribution in [1.82, 2.24) is 10.4 Å². The largest absolute Gasteiger partial charge is 0.416 e. The van der Waals surface area contributed by atoms with Gasteiger partial charge in [-0.05, 0) is 18.1 Å². The molecule has 0 saturated carbocycles. The minimum Gasteiger partial charge on any atom is -0.273 e. The predicted molar refractivity (Wildman–Crippen MR) is 73.6 cm³/mol. The van der Waals surface area contributed by atoms with Crippen molar-refractivity contribution in [2.24, 2.45) is 0 Å². The predicted octanol–water partition coefficient (Wildman–Crippen LogP) is 2.85. The zero-order chi connectivity index (χ0) is 16.3. The van der Waals surface area contributed by atoms with Crippen LogP contribution in [0.3, 0.4) is 0 Å². The van der Waals surface area contributed by atoms with E-state index in [-0.39, 0.29) is 36.8 Å². The van der Waals surface area contributed by atoms with E-state index in [2.05, 4.69) is 5.43 Å². The van der Waals surface area contributed by atoms with Crippen molar-refractivity contribution >= 4 is 11.8 Å². The van der Waals surface area contributed by atoms with Crippen LogP contribution in [0, 0.1) is 0 Å². The zero-order valence-electron chi connectivity index (χ0n) is 12.1. The third kappa shape index (κ3) is 3.58. The highest BCUT2D eigenvalue weighted by Gasteiger charge is 2.39. The van der Waals surface area contributed by atoms with Crippen molar-refractivity contribution in [2.75, 3.05) is 6.54 Å². The van der Waals surface area contributed by atoms with Crippen molar-refractivity contribution in [1.29, 1.82) is 0 Å². The molecule has 0 bridgehead atoms. The van der Waals surface area contributed by atoms with E-state index in [1.165, 1.54) is 18.2 Å². The highest BCUT2D eigenvalue weighted by molar-refractivity contribution is 5.84. The van der Waals surface area contributed by atoms with Gasteiger partial charge in [0.2, 0.25) is 11.8 Å². The first kappa shape index (κ1) is 16.3. The Bertz CT molecular complexity index is 572. The summed E-state index contributed by atoms with van der Waals surface area (Å²) in [6, 6.07) is 5.24. The van der Waals surface area contributed by atoms with Gasteiger partial charge in [-0.2, -0.15) is 13.2 Å². The first-order valence-electron chi connectivity index (χ1n) is 7.09. The summed E-state index contributed by atoms with van der Waals surface area (Å²) >= 11 is 0. The van der Waals surface area contributed by atoms with E-state index < -0.39 is 17.7 Å². The standard InChI is InChI=1S/C15H17F3N2O2/c1-2-5-13(21)19-20-9-10(8-14(20)22)11-6-3-4-7-12(11)15(16,17)18/h3-4,6-7,10H,2,5,8-9H2,1H3,(H,19,21). The molecule has 1 aromatic carbocycles. The van der Waals surface area contributed by atoms with E-state index in [0.717, 1.165) is 11.1 Å². The second-order valence-electron chi connectivity index (χ2n) is 5.28. The van der Waals surface area contributed by atoms with Gasteiger partial charge in [0.25, 0.3) is 0 Å². The smallest absolute Gasteiger partial charge is 0.273 e. The van der Waals surface area contributed by atoms with Crippen LogP contribution < -0.4 is 5.43 Å². The van der Waals surface area contributed by atoms with Crippen molar-refractivity contribution in [3.63, 3.8) is 0 Å². The summed E-state index contributed by atoms with van der Waals surface area (Å²) < 4.78 is 39.1. The Morgan fingerprint density at radius 3 is 2.68 bits per heavy atom. The molecule has 2 amide bonds. The molecule has 1 unspecified atom stereocenters. The molecule has 1 aliphatic rings. The Labute approximate surface area is 126 Å². The topological polar surface area (TPSA) is 49.4 Å². The minimum atomic E-state index is -4.46. The fourth-order valence-electron chi connectivity index (χ4n) is 2.57. The summed E-state index contributed by atoms with van der Waals surface area (Å²) in [5, 5.41) is 1.12. The van der Waals surface area contributed by atoms with Gasteiger partial charge in [-0.25, -0.2) is 0 Å². The van der Waals surface area contributed by atoms with Crippen molar-refractivity contribution in [2.45, 2.75) is 38.3 Å². The van der Waals surface area contributed by atoms with Gasteiger partial charge in [0.1, 0.15) is 0 Å². The van der Waals surface area contributed by atoms with Gasteiger partial charge in [-0.3, -0.25) is 20.0 Å². The Morgan fingerprint density at radius 1 is 1.36 bits per heavy atom. The lowest BCUT2D eigenvalue weighted by molar-refractivity contribution is -0.138. The first-order chi connectivity index (χ1) is 10.3. The number of nitrogens with one attached hydrogen (secondary N) is 1. The number of alkyl halides is 3. The average molecular weight is 314 g/mol. The Balaban J connectivity index is 2.16. The molecule has 1 N–H and O–H groups in total. The molecule has 1 aliphatic heterocycles. The highest BCUT2D eigenvalue weighted by Crippen LogP contribution is 2.38. The second-order valence-corrected chi connectivity index (χ2v) is 5.28. The van der Waals surface area contributed by atoms with Gasteiger partial charge in [0, 0.05) is 25.3 Å². The number of carbonyl (C=O) groups is 2. The number of hydrogen-bond acceptors (Lipinski definition) is 2. The lowest BCUT2D eigenvalue weighted by Gasteiger charge is -2.19. The van der Waals surface area contributed by atoms with Gasteiger partial charge in [-0.15, -0.1) is 0 Å².